The van der Waals surface area contributed by atoms with Gasteiger partial charge in [-0.3, -0.25) is 9.69 Å². The van der Waals surface area contributed by atoms with Crippen LogP contribution in [0.1, 0.15) is 57.3 Å². The van der Waals surface area contributed by atoms with E-state index in [2.05, 4.69) is 47.3 Å². The van der Waals surface area contributed by atoms with Gasteiger partial charge >= 0.3 is 0 Å². The van der Waals surface area contributed by atoms with E-state index in [0.29, 0.717) is 17.9 Å². The lowest BCUT2D eigenvalue weighted by Crippen LogP contribution is -2.67. The zero-order valence-electron chi connectivity index (χ0n) is 13.9. The SMILES string of the molecule is CC(C)c1nsc(CN2CCC(C3NC(=O)C3(C)C)CC2)n1. The second kappa shape index (κ2) is 5.89. The van der Waals surface area contributed by atoms with Gasteiger partial charge in [0.2, 0.25) is 5.91 Å². The Labute approximate surface area is 136 Å². The van der Waals surface area contributed by atoms with Gasteiger partial charge in [0, 0.05) is 12.0 Å². The van der Waals surface area contributed by atoms with Crippen LogP contribution in [0.25, 0.3) is 0 Å². The molecule has 2 fully saturated rings. The first-order chi connectivity index (χ1) is 10.4. The fraction of sp³-hybridized carbons (Fsp3) is 0.812. The van der Waals surface area contributed by atoms with E-state index in [4.69, 9.17) is 0 Å². The molecule has 0 radical (unpaired) electrons. The van der Waals surface area contributed by atoms with Gasteiger partial charge in [-0.05, 0) is 57.2 Å². The molecule has 1 N–H and O–H groups in total. The molecular formula is C16H26N4OS. The van der Waals surface area contributed by atoms with Crippen LogP contribution in [0, 0.1) is 11.3 Å². The molecule has 2 aliphatic rings. The van der Waals surface area contributed by atoms with E-state index in [0.717, 1.165) is 43.3 Å². The van der Waals surface area contributed by atoms with E-state index in [1.165, 1.54) is 11.5 Å². The van der Waals surface area contributed by atoms with Gasteiger partial charge in [0.1, 0.15) is 10.8 Å². The summed E-state index contributed by atoms with van der Waals surface area (Å²) < 4.78 is 4.43. The zero-order chi connectivity index (χ0) is 15.9. The molecule has 3 heterocycles. The lowest BCUT2D eigenvalue weighted by molar-refractivity contribution is -0.146. The van der Waals surface area contributed by atoms with E-state index in [1.807, 2.05) is 0 Å². The summed E-state index contributed by atoms with van der Waals surface area (Å²) in [4.78, 5) is 18.7. The van der Waals surface area contributed by atoms with Crippen LogP contribution in [-0.4, -0.2) is 39.3 Å². The largest absolute Gasteiger partial charge is 0.351 e. The summed E-state index contributed by atoms with van der Waals surface area (Å²) in [6.07, 6.45) is 2.31. The first kappa shape index (κ1) is 15.9. The molecule has 22 heavy (non-hydrogen) atoms. The molecule has 0 aliphatic carbocycles. The predicted octanol–water partition coefficient (Wildman–Crippen LogP) is 2.40. The van der Waals surface area contributed by atoms with Crippen LogP contribution in [0.4, 0.5) is 0 Å². The summed E-state index contributed by atoms with van der Waals surface area (Å²) in [7, 11) is 0. The van der Waals surface area contributed by atoms with Crippen LogP contribution < -0.4 is 5.32 Å². The highest BCUT2D eigenvalue weighted by molar-refractivity contribution is 7.05. The van der Waals surface area contributed by atoms with Crippen molar-refractivity contribution < 1.29 is 4.79 Å². The standard InChI is InChI=1S/C16H26N4OS/c1-10(2)14-17-12(22-19-14)9-20-7-5-11(6-8-20)13-16(3,4)15(21)18-13/h10-11,13H,5-9H2,1-4H3,(H,18,21). The lowest BCUT2D eigenvalue weighted by Gasteiger charge is -2.50. The fourth-order valence-corrected chi connectivity index (χ4v) is 4.31. The van der Waals surface area contributed by atoms with Gasteiger partial charge in [0.25, 0.3) is 0 Å². The number of nitrogens with zero attached hydrogens (tertiary/aromatic N) is 3. The van der Waals surface area contributed by atoms with Crippen LogP contribution in [0.15, 0.2) is 0 Å². The first-order valence-corrected chi connectivity index (χ1v) is 9.01. The molecule has 1 aromatic rings. The van der Waals surface area contributed by atoms with Crippen molar-refractivity contribution in [3.63, 3.8) is 0 Å². The van der Waals surface area contributed by atoms with Crippen molar-refractivity contribution in [2.75, 3.05) is 13.1 Å². The summed E-state index contributed by atoms with van der Waals surface area (Å²) in [5.74, 6) is 2.19. The molecular weight excluding hydrogens is 296 g/mol. The van der Waals surface area contributed by atoms with Gasteiger partial charge in [0.05, 0.1) is 12.0 Å². The number of nitrogens with one attached hydrogen (secondary N) is 1. The minimum absolute atomic E-state index is 0.182. The molecule has 1 unspecified atom stereocenters. The van der Waals surface area contributed by atoms with E-state index < -0.39 is 0 Å². The van der Waals surface area contributed by atoms with Gasteiger partial charge in [0.15, 0.2) is 0 Å². The summed E-state index contributed by atoms with van der Waals surface area (Å²) in [6.45, 7) is 11.5. The number of carbonyl (C=O) groups is 1. The summed E-state index contributed by atoms with van der Waals surface area (Å²) in [5.41, 5.74) is -0.182. The average Bonchev–Trinajstić information content (AvgIpc) is 2.94. The smallest absolute Gasteiger partial charge is 0.228 e. The van der Waals surface area contributed by atoms with E-state index >= 15 is 0 Å². The maximum atomic E-state index is 11.6. The van der Waals surface area contributed by atoms with Gasteiger partial charge in [-0.15, -0.1) is 0 Å². The Morgan fingerprint density at radius 3 is 2.55 bits per heavy atom. The van der Waals surface area contributed by atoms with Crippen molar-refractivity contribution in [3.8, 4) is 0 Å². The minimum Gasteiger partial charge on any atom is -0.351 e. The number of hydrogen-bond donors (Lipinski definition) is 1. The maximum Gasteiger partial charge on any atom is 0.228 e. The minimum atomic E-state index is -0.182. The molecule has 0 saturated carbocycles. The third-order valence-corrected chi connectivity index (χ3v) is 5.82. The highest BCUT2D eigenvalue weighted by Crippen LogP contribution is 2.38. The Kier molecular flexibility index (Phi) is 4.25. The summed E-state index contributed by atoms with van der Waals surface area (Å²) in [6, 6.07) is 0.358. The van der Waals surface area contributed by atoms with Gasteiger partial charge < -0.3 is 5.32 Å². The Hall–Kier alpha value is -1.01. The van der Waals surface area contributed by atoms with Crippen molar-refractivity contribution in [2.45, 2.75) is 59.0 Å². The summed E-state index contributed by atoms with van der Waals surface area (Å²) in [5, 5.41) is 4.23. The number of carbonyl (C=O) groups excluding carboxylic acids is 1. The zero-order valence-corrected chi connectivity index (χ0v) is 14.7. The first-order valence-electron chi connectivity index (χ1n) is 8.23. The average molecular weight is 322 g/mol. The lowest BCUT2D eigenvalue weighted by atomic mass is 9.68. The molecule has 0 aromatic carbocycles. The molecule has 122 valence electrons. The van der Waals surface area contributed by atoms with Crippen molar-refractivity contribution in [2.24, 2.45) is 11.3 Å². The molecule has 3 rings (SSSR count). The third kappa shape index (κ3) is 2.91. The monoisotopic (exact) mass is 322 g/mol. The molecule has 0 bridgehead atoms. The third-order valence-electron chi connectivity index (χ3n) is 5.11. The highest BCUT2D eigenvalue weighted by Gasteiger charge is 2.50. The predicted molar refractivity (Wildman–Crippen MR) is 87.7 cm³/mol. The Morgan fingerprint density at radius 2 is 2.05 bits per heavy atom. The van der Waals surface area contributed by atoms with Crippen molar-refractivity contribution in [1.82, 2.24) is 19.6 Å². The van der Waals surface area contributed by atoms with Gasteiger partial charge in [-0.2, -0.15) is 4.37 Å². The van der Waals surface area contributed by atoms with Crippen LogP contribution in [-0.2, 0) is 11.3 Å². The van der Waals surface area contributed by atoms with Crippen molar-refractivity contribution in [3.05, 3.63) is 10.8 Å². The molecule has 1 amide bonds. The topological polar surface area (TPSA) is 58.1 Å². The van der Waals surface area contributed by atoms with Crippen molar-refractivity contribution >= 4 is 17.4 Å². The van der Waals surface area contributed by atoms with E-state index in [-0.39, 0.29) is 11.3 Å². The van der Waals surface area contributed by atoms with Crippen LogP contribution in [0.5, 0.6) is 0 Å². The molecule has 1 aromatic heterocycles. The number of rotatable bonds is 4. The number of β-lactam (4-membered cyclic amide) rings is 1. The van der Waals surface area contributed by atoms with E-state index in [9.17, 15) is 4.79 Å². The second-order valence-electron chi connectivity index (χ2n) is 7.49. The Morgan fingerprint density at radius 1 is 1.36 bits per heavy atom. The van der Waals surface area contributed by atoms with E-state index in [1.54, 1.807) is 0 Å². The number of piperidine rings is 1. The highest BCUT2D eigenvalue weighted by atomic mass is 32.1. The molecule has 1 atom stereocenters. The molecule has 2 saturated heterocycles. The quantitative estimate of drug-likeness (QED) is 0.865. The van der Waals surface area contributed by atoms with Crippen LogP contribution in [0.3, 0.4) is 0 Å². The van der Waals surface area contributed by atoms with Crippen LogP contribution in [0.2, 0.25) is 0 Å². The number of amides is 1. The fourth-order valence-electron chi connectivity index (χ4n) is 3.48. The molecule has 6 heteroatoms. The molecule has 0 spiro atoms. The number of hydrogen-bond acceptors (Lipinski definition) is 5. The normalized spacial score (nSPS) is 26.0. The molecule has 5 nitrogen and oxygen atoms in total. The van der Waals surface area contributed by atoms with Gasteiger partial charge in [-0.1, -0.05) is 13.8 Å². The Bertz CT molecular complexity index is 546. The second-order valence-corrected chi connectivity index (χ2v) is 8.32. The van der Waals surface area contributed by atoms with Gasteiger partial charge in [-0.25, -0.2) is 4.98 Å². The summed E-state index contributed by atoms with van der Waals surface area (Å²) >= 11 is 1.53. The van der Waals surface area contributed by atoms with Crippen molar-refractivity contribution in [1.29, 1.82) is 0 Å². The number of likely N-dealkylation sites (tertiary alicyclic amines) is 1. The number of aromatic nitrogens is 2. The molecule has 2 aliphatic heterocycles. The Balaban J connectivity index is 1.50. The maximum absolute atomic E-state index is 11.6. The van der Waals surface area contributed by atoms with Crippen LogP contribution >= 0.6 is 11.5 Å².